The molecule has 0 aliphatic carbocycles. The van der Waals surface area contributed by atoms with Crippen LogP contribution < -0.4 is 5.46 Å². The molecular formula is C9H14BNO2. The first-order valence-corrected chi connectivity index (χ1v) is 4.24. The molecule has 0 aliphatic heterocycles. The molecule has 0 bridgehead atoms. The monoisotopic (exact) mass is 179 g/mol. The van der Waals surface area contributed by atoms with Crippen LogP contribution in [-0.2, 0) is 5.41 Å². The summed E-state index contributed by atoms with van der Waals surface area (Å²) in [6.45, 7) is 6.09. The Morgan fingerprint density at radius 3 is 2.38 bits per heavy atom. The van der Waals surface area contributed by atoms with Gasteiger partial charge in [-0.1, -0.05) is 20.8 Å². The molecule has 70 valence electrons. The molecule has 1 aromatic rings. The lowest BCUT2D eigenvalue weighted by Gasteiger charge is -2.18. The summed E-state index contributed by atoms with van der Waals surface area (Å²) in [5.74, 6) is 0. The summed E-state index contributed by atoms with van der Waals surface area (Å²) in [6.07, 6.45) is 1.59. The average molecular weight is 179 g/mol. The zero-order chi connectivity index (χ0) is 10.1. The quantitative estimate of drug-likeness (QED) is 0.599. The van der Waals surface area contributed by atoms with E-state index in [9.17, 15) is 0 Å². The highest BCUT2D eigenvalue weighted by Crippen LogP contribution is 2.17. The average Bonchev–Trinajstić information content (AvgIpc) is 2.03. The maximum Gasteiger partial charge on any atom is 0.488 e. The van der Waals surface area contributed by atoms with Gasteiger partial charge in [0, 0.05) is 17.3 Å². The lowest BCUT2D eigenvalue weighted by molar-refractivity contribution is 0.425. The topological polar surface area (TPSA) is 53.4 Å². The van der Waals surface area contributed by atoms with Crippen molar-refractivity contribution < 1.29 is 10.0 Å². The smallest absolute Gasteiger partial charge is 0.423 e. The third-order valence-corrected chi connectivity index (χ3v) is 1.85. The maximum absolute atomic E-state index is 8.94. The van der Waals surface area contributed by atoms with E-state index in [4.69, 9.17) is 10.0 Å². The van der Waals surface area contributed by atoms with Gasteiger partial charge in [-0.2, -0.15) is 0 Å². The van der Waals surface area contributed by atoms with Crippen molar-refractivity contribution in [3.05, 3.63) is 24.0 Å². The molecular weight excluding hydrogens is 165 g/mol. The van der Waals surface area contributed by atoms with Crippen molar-refractivity contribution in [1.82, 2.24) is 4.98 Å². The van der Waals surface area contributed by atoms with Crippen molar-refractivity contribution in [2.75, 3.05) is 0 Å². The molecule has 0 amide bonds. The van der Waals surface area contributed by atoms with E-state index in [1.165, 1.54) is 0 Å². The minimum atomic E-state index is -1.41. The summed E-state index contributed by atoms with van der Waals surface area (Å²) in [7, 11) is -1.41. The molecule has 0 unspecified atom stereocenters. The second-order valence-corrected chi connectivity index (χ2v) is 4.10. The molecule has 0 saturated carbocycles. The van der Waals surface area contributed by atoms with E-state index in [1.807, 2.05) is 20.8 Å². The summed E-state index contributed by atoms with van der Waals surface area (Å²) in [6, 6.07) is 3.31. The van der Waals surface area contributed by atoms with Crippen LogP contribution in [0.5, 0.6) is 0 Å². The van der Waals surface area contributed by atoms with Crippen LogP contribution in [0, 0.1) is 0 Å². The van der Waals surface area contributed by atoms with Crippen molar-refractivity contribution in [3.8, 4) is 0 Å². The third kappa shape index (κ3) is 2.54. The van der Waals surface area contributed by atoms with E-state index >= 15 is 0 Å². The normalized spacial score (nSPS) is 11.5. The van der Waals surface area contributed by atoms with E-state index in [-0.39, 0.29) is 5.41 Å². The predicted octanol–water partition coefficient (Wildman–Crippen LogP) is 0.0589. The second-order valence-electron chi connectivity index (χ2n) is 4.10. The van der Waals surface area contributed by atoms with Crippen molar-refractivity contribution in [2.45, 2.75) is 26.2 Å². The first-order chi connectivity index (χ1) is 5.91. The van der Waals surface area contributed by atoms with Crippen LogP contribution in [0.1, 0.15) is 26.5 Å². The fraction of sp³-hybridized carbons (Fsp3) is 0.444. The molecule has 0 aromatic carbocycles. The van der Waals surface area contributed by atoms with Gasteiger partial charge in [0.05, 0.1) is 0 Å². The number of nitrogens with zero attached hydrogens (tertiary/aromatic N) is 1. The first kappa shape index (κ1) is 10.2. The number of hydrogen-bond acceptors (Lipinski definition) is 3. The van der Waals surface area contributed by atoms with Crippen LogP contribution in [0.2, 0.25) is 0 Å². The molecule has 0 atom stereocenters. The Kier molecular flexibility index (Phi) is 2.73. The van der Waals surface area contributed by atoms with Gasteiger partial charge in [-0.25, -0.2) is 0 Å². The Hall–Kier alpha value is -0.865. The van der Waals surface area contributed by atoms with Gasteiger partial charge in [0.15, 0.2) is 0 Å². The molecule has 2 N–H and O–H groups in total. The minimum Gasteiger partial charge on any atom is -0.423 e. The molecule has 0 saturated heterocycles. The number of hydrogen-bond donors (Lipinski definition) is 2. The Morgan fingerprint density at radius 2 is 1.92 bits per heavy atom. The molecule has 4 heteroatoms. The predicted molar refractivity (Wildman–Crippen MR) is 52.8 cm³/mol. The van der Waals surface area contributed by atoms with Gasteiger partial charge in [0.2, 0.25) is 0 Å². The standard InChI is InChI=1S/C9H14BNO2/c1-9(2,3)8-6-7(10(12)13)4-5-11-8/h4-6,12-13H,1-3H3. The molecule has 0 fully saturated rings. The third-order valence-electron chi connectivity index (χ3n) is 1.85. The van der Waals surface area contributed by atoms with Gasteiger partial charge in [0.1, 0.15) is 0 Å². The molecule has 1 aromatic heterocycles. The van der Waals surface area contributed by atoms with Crippen LogP contribution in [0.4, 0.5) is 0 Å². The fourth-order valence-corrected chi connectivity index (χ4v) is 1.02. The molecule has 3 nitrogen and oxygen atoms in total. The zero-order valence-corrected chi connectivity index (χ0v) is 8.15. The molecule has 13 heavy (non-hydrogen) atoms. The number of pyridine rings is 1. The Labute approximate surface area is 78.6 Å². The fourth-order valence-electron chi connectivity index (χ4n) is 1.02. The largest absolute Gasteiger partial charge is 0.488 e. The molecule has 0 radical (unpaired) electrons. The summed E-state index contributed by atoms with van der Waals surface area (Å²) in [5.41, 5.74) is 1.28. The number of aromatic nitrogens is 1. The Bertz CT molecular complexity index is 294. The number of rotatable bonds is 1. The summed E-state index contributed by atoms with van der Waals surface area (Å²) in [4.78, 5) is 4.17. The van der Waals surface area contributed by atoms with E-state index in [2.05, 4.69) is 4.98 Å². The van der Waals surface area contributed by atoms with Gasteiger partial charge >= 0.3 is 7.12 Å². The second kappa shape index (κ2) is 3.48. The molecule has 1 rings (SSSR count). The van der Waals surface area contributed by atoms with Gasteiger partial charge in [-0.05, 0) is 17.6 Å². The van der Waals surface area contributed by atoms with Crippen molar-refractivity contribution in [2.24, 2.45) is 0 Å². The highest BCUT2D eigenvalue weighted by Gasteiger charge is 2.18. The maximum atomic E-state index is 8.94. The summed E-state index contributed by atoms with van der Waals surface area (Å²) < 4.78 is 0. The van der Waals surface area contributed by atoms with Gasteiger partial charge in [-0.3, -0.25) is 4.98 Å². The highest BCUT2D eigenvalue weighted by molar-refractivity contribution is 6.58. The summed E-state index contributed by atoms with van der Waals surface area (Å²) >= 11 is 0. The van der Waals surface area contributed by atoms with Gasteiger partial charge in [-0.15, -0.1) is 0 Å². The Balaban J connectivity index is 3.06. The van der Waals surface area contributed by atoms with Crippen LogP contribution in [0.3, 0.4) is 0 Å². The molecule has 0 aliphatic rings. The van der Waals surface area contributed by atoms with Crippen molar-refractivity contribution in [3.63, 3.8) is 0 Å². The zero-order valence-electron chi connectivity index (χ0n) is 8.15. The van der Waals surface area contributed by atoms with Crippen molar-refractivity contribution in [1.29, 1.82) is 0 Å². The van der Waals surface area contributed by atoms with Crippen LogP contribution >= 0.6 is 0 Å². The minimum absolute atomic E-state index is 0.0646. The van der Waals surface area contributed by atoms with Crippen LogP contribution in [-0.4, -0.2) is 22.2 Å². The van der Waals surface area contributed by atoms with E-state index < -0.39 is 7.12 Å². The highest BCUT2D eigenvalue weighted by atomic mass is 16.4. The van der Waals surface area contributed by atoms with E-state index in [0.717, 1.165) is 5.69 Å². The first-order valence-electron chi connectivity index (χ1n) is 4.24. The van der Waals surface area contributed by atoms with Crippen LogP contribution in [0.25, 0.3) is 0 Å². The van der Waals surface area contributed by atoms with Crippen molar-refractivity contribution >= 4 is 12.6 Å². The Morgan fingerprint density at radius 1 is 1.31 bits per heavy atom. The SMILES string of the molecule is CC(C)(C)c1cc(B(O)O)ccn1. The van der Waals surface area contributed by atoms with Gasteiger partial charge < -0.3 is 10.0 Å². The molecule has 0 spiro atoms. The molecule has 1 heterocycles. The van der Waals surface area contributed by atoms with Gasteiger partial charge in [0.25, 0.3) is 0 Å². The summed E-state index contributed by atoms with van der Waals surface area (Å²) in [5, 5.41) is 17.9. The van der Waals surface area contributed by atoms with E-state index in [1.54, 1.807) is 18.3 Å². The van der Waals surface area contributed by atoms with Crippen LogP contribution in [0.15, 0.2) is 18.3 Å². The van der Waals surface area contributed by atoms with E-state index in [0.29, 0.717) is 5.46 Å². The lowest BCUT2D eigenvalue weighted by Crippen LogP contribution is -2.31. The lowest BCUT2D eigenvalue weighted by atomic mass is 9.78.